The zero-order valence-corrected chi connectivity index (χ0v) is 18.9. The summed E-state index contributed by atoms with van der Waals surface area (Å²) in [5.74, 6) is -1.90. The van der Waals surface area contributed by atoms with Crippen LogP contribution in [0.3, 0.4) is 0 Å². The van der Waals surface area contributed by atoms with Crippen molar-refractivity contribution in [1.82, 2.24) is 14.7 Å². The summed E-state index contributed by atoms with van der Waals surface area (Å²) in [7, 11) is 3.41. The van der Waals surface area contributed by atoms with E-state index in [0.717, 1.165) is 63.9 Å². The van der Waals surface area contributed by atoms with Gasteiger partial charge < -0.3 is 24.8 Å². The zero-order chi connectivity index (χ0) is 23.5. The number of carboxylic acid groups (broad SMARTS) is 2. The molecule has 32 heavy (non-hydrogen) atoms. The molecule has 0 aromatic heterocycles. The number of aliphatic carboxylic acids is 2. The fourth-order valence-electron chi connectivity index (χ4n) is 4.16. The number of nitrogens with zero attached hydrogens (tertiary/aromatic N) is 3. The number of aliphatic hydroxyl groups is 1. The van der Waals surface area contributed by atoms with Crippen LogP contribution in [0, 0.1) is 0 Å². The van der Waals surface area contributed by atoms with Crippen molar-refractivity contribution in [2.75, 3.05) is 66.6 Å². The highest BCUT2D eigenvalue weighted by Crippen LogP contribution is 2.27. The van der Waals surface area contributed by atoms with Crippen LogP contribution in [0.1, 0.15) is 18.4 Å². The first kappa shape index (κ1) is 25.9. The van der Waals surface area contributed by atoms with Crippen LogP contribution < -0.4 is 9.47 Å². The number of ether oxygens (including phenoxy) is 2. The number of piperazine rings is 1. The van der Waals surface area contributed by atoms with E-state index in [-0.39, 0.29) is 6.61 Å². The van der Waals surface area contributed by atoms with Crippen LogP contribution in [0.5, 0.6) is 11.5 Å². The number of methoxy groups -OCH3 is 2. The number of hydrogen-bond donors (Lipinski definition) is 3. The van der Waals surface area contributed by atoms with Gasteiger partial charge in [0.1, 0.15) is 11.5 Å². The smallest absolute Gasteiger partial charge is 0.414 e. The van der Waals surface area contributed by atoms with Crippen molar-refractivity contribution in [1.29, 1.82) is 0 Å². The Labute approximate surface area is 188 Å². The third-order valence-electron chi connectivity index (χ3n) is 5.97. The Morgan fingerprint density at radius 1 is 0.938 bits per heavy atom. The quantitative estimate of drug-likeness (QED) is 0.501. The Bertz CT molecular complexity index is 718. The van der Waals surface area contributed by atoms with Crippen molar-refractivity contribution < 1.29 is 34.4 Å². The summed E-state index contributed by atoms with van der Waals surface area (Å²) in [5.41, 5.74) is 1.23. The Morgan fingerprint density at radius 2 is 1.56 bits per heavy atom. The molecule has 1 aromatic carbocycles. The lowest BCUT2D eigenvalue weighted by Gasteiger charge is -2.42. The Hall–Kier alpha value is -2.40. The zero-order valence-electron chi connectivity index (χ0n) is 18.9. The van der Waals surface area contributed by atoms with Crippen LogP contribution in [-0.2, 0) is 16.1 Å². The molecule has 3 rings (SSSR count). The maximum Gasteiger partial charge on any atom is 0.414 e. The molecule has 10 nitrogen and oxygen atoms in total. The number of carboxylic acids is 2. The van der Waals surface area contributed by atoms with E-state index >= 15 is 0 Å². The van der Waals surface area contributed by atoms with Crippen molar-refractivity contribution >= 4 is 11.9 Å². The van der Waals surface area contributed by atoms with Crippen LogP contribution in [0.4, 0.5) is 0 Å². The molecule has 0 amide bonds. The fourth-order valence-corrected chi connectivity index (χ4v) is 4.16. The summed E-state index contributed by atoms with van der Waals surface area (Å²) in [6.07, 6.45) is 2.47. The predicted molar refractivity (Wildman–Crippen MR) is 118 cm³/mol. The first-order valence-corrected chi connectivity index (χ1v) is 10.8. The molecule has 0 saturated carbocycles. The highest BCUT2D eigenvalue weighted by atomic mass is 16.5. The minimum Gasteiger partial charge on any atom is -0.497 e. The van der Waals surface area contributed by atoms with Gasteiger partial charge in [-0.1, -0.05) is 6.07 Å². The molecule has 180 valence electrons. The van der Waals surface area contributed by atoms with Crippen molar-refractivity contribution in [3.63, 3.8) is 0 Å². The van der Waals surface area contributed by atoms with Crippen LogP contribution in [-0.4, -0.2) is 115 Å². The molecule has 10 heteroatoms. The average molecular weight is 454 g/mol. The van der Waals surface area contributed by atoms with E-state index in [2.05, 4.69) is 20.8 Å². The standard InChI is InChI=1S/C20H33N3O3.C2H2O4/c1-25-19-4-3-17(20(15-19)26-2)16-22-7-5-18(6-8-22)23-11-9-21(10-12-23)13-14-24;3-1(4)2(5)6/h3-4,15,18,24H,5-14,16H2,1-2H3;(H,3,4)(H,5,6). The second-order valence-electron chi connectivity index (χ2n) is 7.90. The van der Waals surface area contributed by atoms with E-state index in [1.165, 1.54) is 18.4 Å². The lowest BCUT2D eigenvalue weighted by molar-refractivity contribution is -0.159. The molecule has 2 saturated heterocycles. The molecule has 3 N–H and O–H groups in total. The van der Waals surface area contributed by atoms with Gasteiger partial charge >= 0.3 is 11.9 Å². The molecule has 0 aliphatic carbocycles. The fraction of sp³-hybridized carbons (Fsp3) is 0.636. The first-order chi connectivity index (χ1) is 15.4. The van der Waals surface area contributed by atoms with Crippen LogP contribution >= 0.6 is 0 Å². The average Bonchev–Trinajstić information content (AvgIpc) is 2.81. The van der Waals surface area contributed by atoms with Gasteiger partial charge in [0, 0.05) is 56.9 Å². The Morgan fingerprint density at radius 3 is 2.06 bits per heavy atom. The summed E-state index contributed by atoms with van der Waals surface area (Å²) >= 11 is 0. The molecule has 0 atom stereocenters. The monoisotopic (exact) mass is 453 g/mol. The third kappa shape index (κ3) is 7.94. The third-order valence-corrected chi connectivity index (χ3v) is 5.97. The minimum absolute atomic E-state index is 0.271. The SMILES string of the molecule is COc1ccc(CN2CCC(N3CCN(CCO)CC3)CC2)c(OC)c1.O=C(O)C(=O)O. The predicted octanol–water partition coefficient (Wildman–Crippen LogP) is 0.434. The molecule has 2 aliphatic heterocycles. The number of β-amino-alcohol motifs (C(OH)–C–C–N with tert-alkyl or cyclic N) is 1. The lowest BCUT2D eigenvalue weighted by Crippen LogP contribution is -2.53. The highest BCUT2D eigenvalue weighted by Gasteiger charge is 2.27. The van der Waals surface area contributed by atoms with Gasteiger partial charge in [0.2, 0.25) is 0 Å². The number of rotatable bonds is 7. The number of carbonyl (C=O) groups is 2. The number of aliphatic hydroxyl groups excluding tert-OH is 1. The molecule has 2 fully saturated rings. The van der Waals surface area contributed by atoms with Crippen molar-refractivity contribution in [2.45, 2.75) is 25.4 Å². The molecule has 0 spiro atoms. The number of hydrogen-bond acceptors (Lipinski definition) is 8. The van der Waals surface area contributed by atoms with Gasteiger partial charge in [0.15, 0.2) is 0 Å². The second kappa shape index (κ2) is 13.2. The Balaban J connectivity index is 0.000000534. The number of benzene rings is 1. The number of likely N-dealkylation sites (tertiary alicyclic amines) is 1. The minimum atomic E-state index is -1.82. The van der Waals surface area contributed by atoms with E-state index in [1.54, 1.807) is 14.2 Å². The maximum atomic E-state index is 9.10. The van der Waals surface area contributed by atoms with Crippen molar-refractivity contribution in [3.05, 3.63) is 23.8 Å². The van der Waals surface area contributed by atoms with E-state index in [1.807, 2.05) is 12.1 Å². The van der Waals surface area contributed by atoms with E-state index in [9.17, 15) is 0 Å². The normalized spacial score (nSPS) is 18.5. The molecule has 2 aliphatic rings. The maximum absolute atomic E-state index is 9.10. The van der Waals surface area contributed by atoms with Crippen LogP contribution in [0.2, 0.25) is 0 Å². The van der Waals surface area contributed by atoms with Crippen molar-refractivity contribution in [2.24, 2.45) is 0 Å². The first-order valence-electron chi connectivity index (χ1n) is 10.8. The molecule has 2 heterocycles. The highest BCUT2D eigenvalue weighted by molar-refractivity contribution is 6.27. The summed E-state index contributed by atoms with van der Waals surface area (Å²) in [6.45, 7) is 8.74. The molecular formula is C22H35N3O7. The van der Waals surface area contributed by atoms with E-state index in [4.69, 9.17) is 34.4 Å². The lowest BCUT2D eigenvalue weighted by atomic mass is 10.0. The van der Waals surface area contributed by atoms with E-state index in [0.29, 0.717) is 6.04 Å². The van der Waals surface area contributed by atoms with Gasteiger partial charge in [0.25, 0.3) is 0 Å². The summed E-state index contributed by atoms with van der Waals surface area (Å²) in [6, 6.07) is 6.80. The summed E-state index contributed by atoms with van der Waals surface area (Å²) in [5, 5.41) is 23.9. The largest absolute Gasteiger partial charge is 0.497 e. The van der Waals surface area contributed by atoms with Gasteiger partial charge in [-0.05, 0) is 32.0 Å². The summed E-state index contributed by atoms with van der Waals surface area (Å²) < 4.78 is 10.8. The van der Waals surface area contributed by atoms with Gasteiger partial charge in [-0.25, -0.2) is 9.59 Å². The molecule has 0 radical (unpaired) electrons. The molecule has 0 bridgehead atoms. The van der Waals surface area contributed by atoms with E-state index < -0.39 is 11.9 Å². The van der Waals surface area contributed by atoms with Crippen LogP contribution in [0.25, 0.3) is 0 Å². The molecular weight excluding hydrogens is 418 g/mol. The Kier molecular flexibility index (Phi) is 10.7. The van der Waals surface area contributed by atoms with Gasteiger partial charge in [-0.15, -0.1) is 0 Å². The van der Waals surface area contributed by atoms with Gasteiger partial charge in [-0.2, -0.15) is 0 Å². The van der Waals surface area contributed by atoms with Gasteiger partial charge in [-0.3, -0.25) is 14.7 Å². The summed E-state index contributed by atoms with van der Waals surface area (Å²) in [4.78, 5) is 25.7. The topological polar surface area (TPSA) is 123 Å². The molecule has 0 unspecified atom stereocenters. The van der Waals surface area contributed by atoms with Crippen molar-refractivity contribution in [3.8, 4) is 11.5 Å². The second-order valence-corrected chi connectivity index (χ2v) is 7.90. The number of piperidine rings is 1. The van der Waals surface area contributed by atoms with Crippen LogP contribution in [0.15, 0.2) is 18.2 Å². The molecule has 1 aromatic rings. The van der Waals surface area contributed by atoms with Gasteiger partial charge in [0.05, 0.1) is 20.8 Å².